The highest BCUT2D eigenvalue weighted by atomic mass is 32.2. The number of thioether (sulfide) groups is 1. The summed E-state index contributed by atoms with van der Waals surface area (Å²) in [6, 6.07) is 9.81. The van der Waals surface area contributed by atoms with E-state index in [0.717, 1.165) is 52.3 Å². The fraction of sp³-hybridized carbons (Fsp3) is 0.316. The molecule has 3 nitrogen and oxygen atoms in total. The van der Waals surface area contributed by atoms with Gasteiger partial charge in [-0.15, -0.1) is 11.8 Å². The lowest BCUT2D eigenvalue weighted by Crippen LogP contribution is -1.99. The minimum absolute atomic E-state index is 0.0871. The number of ether oxygens (including phenoxy) is 2. The van der Waals surface area contributed by atoms with E-state index in [4.69, 9.17) is 9.47 Å². The maximum absolute atomic E-state index is 12.3. The highest BCUT2D eigenvalue weighted by Gasteiger charge is 2.21. The van der Waals surface area contributed by atoms with Gasteiger partial charge in [0.2, 0.25) is 0 Å². The van der Waals surface area contributed by atoms with Crippen LogP contribution in [0.15, 0.2) is 40.0 Å². The summed E-state index contributed by atoms with van der Waals surface area (Å²) in [6.45, 7) is 0. The van der Waals surface area contributed by atoms with Crippen LogP contribution in [0, 0.1) is 0 Å². The second-order valence-electron chi connectivity index (χ2n) is 5.54. The molecule has 0 unspecified atom stereocenters. The third kappa shape index (κ3) is 2.83. The molecule has 0 aromatic heterocycles. The Morgan fingerprint density at radius 1 is 1.00 bits per heavy atom. The van der Waals surface area contributed by atoms with Crippen molar-refractivity contribution in [1.29, 1.82) is 0 Å². The zero-order valence-corrected chi connectivity index (χ0v) is 14.5. The number of methoxy groups -OCH3 is 2. The summed E-state index contributed by atoms with van der Waals surface area (Å²) < 4.78 is 11.1. The van der Waals surface area contributed by atoms with Gasteiger partial charge < -0.3 is 9.47 Å². The molecule has 4 heteroatoms. The predicted octanol–water partition coefficient (Wildman–Crippen LogP) is 3.94. The van der Waals surface area contributed by atoms with Crippen LogP contribution in [0.4, 0.5) is 0 Å². The summed E-state index contributed by atoms with van der Waals surface area (Å²) in [5, 5.41) is 0. The Labute approximate surface area is 140 Å². The first-order valence-electron chi connectivity index (χ1n) is 7.65. The lowest BCUT2D eigenvalue weighted by molar-refractivity contribution is 0.356. The van der Waals surface area contributed by atoms with Crippen LogP contribution in [0.1, 0.15) is 17.5 Å². The van der Waals surface area contributed by atoms with Gasteiger partial charge in [0.15, 0.2) is 16.9 Å². The molecule has 0 fully saturated rings. The number of rotatable bonds is 3. The zero-order valence-electron chi connectivity index (χ0n) is 13.6. The highest BCUT2D eigenvalue weighted by Crippen LogP contribution is 2.43. The number of hydrogen-bond acceptors (Lipinski definition) is 4. The molecule has 0 saturated heterocycles. The third-order valence-electron chi connectivity index (χ3n) is 4.31. The van der Waals surface area contributed by atoms with Crippen LogP contribution in [-0.4, -0.2) is 20.5 Å². The number of hydrogen-bond donors (Lipinski definition) is 0. The molecule has 120 valence electrons. The Hall–Kier alpha value is -1.94. The molecule has 0 radical (unpaired) electrons. The fourth-order valence-corrected chi connectivity index (χ4v) is 3.68. The van der Waals surface area contributed by atoms with Gasteiger partial charge in [-0.3, -0.25) is 4.79 Å². The Morgan fingerprint density at radius 2 is 1.78 bits per heavy atom. The molecule has 0 heterocycles. The van der Waals surface area contributed by atoms with Gasteiger partial charge in [0.25, 0.3) is 0 Å². The molecule has 0 amide bonds. The number of fused-ring (bicyclic) bond motifs is 3. The first-order chi connectivity index (χ1) is 11.2. The summed E-state index contributed by atoms with van der Waals surface area (Å²) in [6.07, 6.45) is 4.82. The average molecular weight is 328 g/mol. The third-order valence-corrected chi connectivity index (χ3v) is 5.09. The van der Waals surface area contributed by atoms with E-state index in [9.17, 15) is 4.79 Å². The van der Waals surface area contributed by atoms with Crippen molar-refractivity contribution < 1.29 is 9.47 Å². The second-order valence-corrected chi connectivity index (χ2v) is 6.39. The zero-order chi connectivity index (χ0) is 16.4. The van der Waals surface area contributed by atoms with Crippen molar-refractivity contribution in [3.8, 4) is 22.6 Å². The molecule has 0 saturated carbocycles. The van der Waals surface area contributed by atoms with Crippen molar-refractivity contribution in [2.75, 3.05) is 20.5 Å². The van der Waals surface area contributed by atoms with Crippen LogP contribution in [0.3, 0.4) is 0 Å². The van der Waals surface area contributed by atoms with Crippen LogP contribution in [0.2, 0.25) is 0 Å². The van der Waals surface area contributed by atoms with Crippen LogP contribution < -0.4 is 14.9 Å². The van der Waals surface area contributed by atoms with Crippen molar-refractivity contribution in [2.45, 2.75) is 24.2 Å². The average Bonchev–Trinajstić information content (AvgIpc) is 2.83. The normalized spacial score (nSPS) is 12.8. The number of benzene rings is 1. The first-order valence-corrected chi connectivity index (χ1v) is 8.87. The van der Waals surface area contributed by atoms with Gasteiger partial charge in [-0.25, -0.2) is 0 Å². The Balaban J connectivity index is 2.36. The van der Waals surface area contributed by atoms with E-state index in [-0.39, 0.29) is 5.43 Å². The molecule has 3 rings (SSSR count). The van der Waals surface area contributed by atoms with Crippen molar-refractivity contribution >= 4 is 11.8 Å². The fourth-order valence-electron chi connectivity index (χ4n) is 3.22. The summed E-state index contributed by atoms with van der Waals surface area (Å²) in [7, 11) is 3.31. The maximum Gasteiger partial charge on any atom is 0.192 e. The van der Waals surface area contributed by atoms with Crippen LogP contribution >= 0.6 is 11.8 Å². The van der Waals surface area contributed by atoms with E-state index < -0.39 is 0 Å². The highest BCUT2D eigenvalue weighted by molar-refractivity contribution is 7.98. The molecule has 23 heavy (non-hydrogen) atoms. The van der Waals surface area contributed by atoms with Gasteiger partial charge in [-0.05, 0) is 60.4 Å². The molecule has 0 atom stereocenters. The van der Waals surface area contributed by atoms with Gasteiger partial charge in [0, 0.05) is 5.56 Å². The molecule has 2 aromatic rings. The maximum atomic E-state index is 12.3. The van der Waals surface area contributed by atoms with Crippen LogP contribution in [-0.2, 0) is 12.8 Å². The monoisotopic (exact) mass is 328 g/mol. The second kappa shape index (κ2) is 6.67. The quantitative estimate of drug-likeness (QED) is 0.800. The van der Waals surface area contributed by atoms with Crippen LogP contribution in [0.5, 0.6) is 11.5 Å². The van der Waals surface area contributed by atoms with E-state index >= 15 is 0 Å². The molecular formula is C19H20O3S. The Kier molecular flexibility index (Phi) is 4.62. The summed E-state index contributed by atoms with van der Waals surface area (Å²) in [4.78, 5) is 13.1. The molecule has 0 N–H and O–H groups in total. The standard InChI is InChI=1S/C19H20O3S/c1-21-16-9-7-12-5-4-6-13-11-15(20)17(23-3)10-8-14(13)18(12)19(16)22-2/h7-11H,4-6H2,1-3H3. The van der Waals surface area contributed by atoms with Gasteiger partial charge in [-0.1, -0.05) is 12.1 Å². The van der Waals surface area contributed by atoms with Gasteiger partial charge in [0.1, 0.15) is 0 Å². The summed E-state index contributed by atoms with van der Waals surface area (Å²) >= 11 is 1.48. The summed E-state index contributed by atoms with van der Waals surface area (Å²) in [5.41, 5.74) is 4.54. The van der Waals surface area contributed by atoms with E-state index in [0.29, 0.717) is 0 Å². The minimum Gasteiger partial charge on any atom is -0.493 e. The molecule has 0 spiro atoms. The van der Waals surface area contributed by atoms with Crippen molar-refractivity contribution in [3.63, 3.8) is 0 Å². The lowest BCUT2D eigenvalue weighted by atomic mass is 9.97. The Morgan fingerprint density at radius 3 is 2.48 bits per heavy atom. The van der Waals surface area contributed by atoms with Crippen molar-refractivity contribution in [2.24, 2.45) is 0 Å². The minimum atomic E-state index is 0.0871. The molecule has 1 aliphatic rings. The summed E-state index contributed by atoms with van der Waals surface area (Å²) in [5.74, 6) is 1.47. The predicted molar refractivity (Wildman–Crippen MR) is 95.1 cm³/mol. The van der Waals surface area contributed by atoms with Gasteiger partial charge >= 0.3 is 0 Å². The van der Waals surface area contributed by atoms with Crippen LogP contribution in [0.25, 0.3) is 11.1 Å². The van der Waals surface area contributed by atoms with E-state index in [1.165, 1.54) is 17.3 Å². The molecular weight excluding hydrogens is 308 g/mol. The first kappa shape index (κ1) is 15.9. The molecule has 0 bridgehead atoms. The van der Waals surface area contributed by atoms with Gasteiger partial charge in [-0.2, -0.15) is 0 Å². The number of aryl methyl sites for hydroxylation is 2. The smallest absolute Gasteiger partial charge is 0.192 e. The SMILES string of the molecule is COc1ccc2c(c1OC)-c1ccc(SC)c(=O)cc1CCC2. The van der Waals surface area contributed by atoms with E-state index in [1.54, 1.807) is 20.3 Å². The van der Waals surface area contributed by atoms with Gasteiger partial charge in [0.05, 0.1) is 19.1 Å². The Bertz CT molecular complexity index is 799. The van der Waals surface area contributed by atoms with Crippen molar-refractivity contribution in [1.82, 2.24) is 0 Å². The lowest BCUT2D eigenvalue weighted by Gasteiger charge is -2.16. The molecule has 2 aromatic carbocycles. The largest absolute Gasteiger partial charge is 0.493 e. The topological polar surface area (TPSA) is 35.5 Å². The van der Waals surface area contributed by atoms with E-state index in [2.05, 4.69) is 12.1 Å². The van der Waals surface area contributed by atoms with Crippen molar-refractivity contribution in [3.05, 3.63) is 51.7 Å². The molecule has 1 aliphatic carbocycles. The molecule has 0 aliphatic heterocycles. The van der Waals surface area contributed by atoms with E-state index in [1.807, 2.05) is 18.4 Å².